The van der Waals surface area contributed by atoms with E-state index in [2.05, 4.69) is 26.1 Å². The summed E-state index contributed by atoms with van der Waals surface area (Å²) in [6.45, 7) is 4.55. The minimum absolute atomic E-state index is 0.814. The zero-order chi connectivity index (χ0) is 12.8. The highest BCUT2D eigenvalue weighted by Gasteiger charge is 2.08. The van der Waals surface area contributed by atoms with E-state index < -0.39 is 0 Å². The summed E-state index contributed by atoms with van der Waals surface area (Å²) in [6.07, 6.45) is 5.48. The van der Waals surface area contributed by atoms with Crippen molar-refractivity contribution >= 4 is 27.3 Å². The molecule has 18 heavy (non-hydrogen) atoms. The molecule has 3 nitrogen and oxygen atoms in total. The van der Waals surface area contributed by atoms with Crippen LogP contribution < -0.4 is 11.1 Å². The lowest BCUT2D eigenvalue weighted by atomic mass is 10.2. The standard InChI is InChI=1S/C14H22BrN3/c15-12-5-6-13(16)14(11-12)17-7-10-18-8-3-1-2-4-9-18/h5-6,11,17H,1-4,7-10,16H2. The predicted octanol–water partition coefficient (Wildman–Crippen LogP) is 3.32. The zero-order valence-corrected chi connectivity index (χ0v) is 12.4. The van der Waals surface area contributed by atoms with Gasteiger partial charge in [-0.15, -0.1) is 0 Å². The smallest absolute Gasteiger partial charge is 0.0585 e. The minimum atomic E-state index is 0.814. The van der Waals surface area contributed by atoms with Crippen LogP contribution in [-0.2, 0) is 0 Å². The van der Waals surface area contributed by atoms with Crippen LogP contribution in [0.2, 0.25) is 0 Å². The first-order valence-electron chi connectivity index (χ1n) is 6.77. The molecule has 0 amide bonds. The highest BCUT2D eigenvalue weighted by Crippen LogP contribution is 2.23. The van der Waals surface area contributed by atoms with E-state index in [0.29, 0.717) is 0 Å². The largest absolute Gasteiger partial charge is 0.397 e. The van der Waals surface area contributed by atoms with E-state index in [1.54, 1.807) is 0 Å². The normalized spacial score (nSPS) is 17.4. The predicted molar refractivity (Wildman–Crippen MR) is 82.0 cm³/mol. The van der Waals surface area contributed by atoms with Crippen LogP contribution in [0.5, 0.6) is 0 Å². The molecular formula is C14H22BrN3. The zero-order valence-electron chi connectivity index (χ0n) is 10.8. The number of nitrogens with zero attached hydrogens (tertiary/aromatic N) is 1. The van der Waals surface area contributed by atoms with Crippen molar-refractivity contribution in [3.8, 4) is 0 Å². The second kappa shape index (κ2) is 7.00. The summed E-state index contributed by atoms with van der Waals surface area (Å²) in [4.78, 5) is 2.55. The van der Waals surface area contributed by atoms with Gasteiger partial charge in [0.15, 0.2) is 0 Å². The van der Waals surface area contributed by atoms with E-state index in [9.17, 15) is 0 Å². The van der Waals surface area contributed by atoms with Gasteiger partial charge in [0.2, 0.25) is 0 Å². The highest BCUT2D eigenvalue weighted by atomic mass is 79.9. The second-order valence-corrected chi connectivity index (χ2v) is 5.83. The van der Waals surface area contributed by atoms with Crippen molar-refractivity contribution < 1.29 is 0 Å². The number of anilines is 2. The number of likely N-dealkylation sites (tertiary alicyclic amines) is 1. The molecule has 1 aromatic carbocycles. The van der Waals surface area contributed by atoms with Gasteiger partial charge in [0.05, 0.1) is 11.4 Å². The van der Waals surface area contributed by atoms with Gasteiger partial charge in [-0.1, -0.05) is 28.8 Å². The Morgan fingerprint density at radius 1 is 1.17 bits per heavy atom. The van der Waals surface area contributed by atoms with Gasteiger partial charge in [0, 0.05) is 17.6 Å². The summed E-state index contributed by atoms with van der Waals surface area (Å²) < 4.78 is 1.06. The van der Waals surface area contributed by atoms with Gasteiger partial charge in [-0.25, -0.2) is 0 Å². The van der Waals surface area contributed by atoms with E-state index in [4.69, 9.17) is 5.73 Å². The molecule has 2 rings (SSSR count). The number of nitrogens with one attached hydrogen (secondary N) is 1. The highest BCUT2D eigenvalue weighted by molar-refractivity contribution is 9.10. The van der Waals surface area contributed by atoms with Gasteiger partial charge < -0.3 is 16.0 Å². The number of halogens is 1. The number of benzene rings is 1. The Hall–Kier alpha value is -0.740. The average molecular weight is 312 g/mol. The van der Waals surface area contributed by atoms with Gasteiger partial charge in [0.25, 0.3) is 0 Å². The number of nitrogen functional groups attached to an aromatic ring is 1. The first-order valence-corrected chi connectivity index (χ1v) is 7.56. The van der Waals surface area contributed by atoms with Gasteiger partial charge in [-0.2, -0.15) is 0 Å². The maximum Gasteiger partial charge on any atom is 0.0585 e. The third kappa shape index (κ3) is 4.18. The molecule has 1 saturated heterocycles. The summed E-state index contributed by atoms with van der Waals surface area (Å²) >= 11 is 3.47. The Kier molecular flexibility index (Phi) is 5.32. The molecule has 1 aliphatic heterocycles. The molecule has 100 valence electrons. The molecule has 0 unspecified atom stereocenters. The van der Waals surface area contributed by atoms with Crippen LogP contribution in [0.3, 0.4) is 0 Å². The fourth-order valence-corrected chi connectivity index (χ4v) is 2.75. The Labute approximate surface area is 118 Å². The Morgan fingerprint density at radius 3 is 2.61 bits per heavy atom. The number of rotatable bonds is 4. The molecule has 1 fully saturated rings. The third-order valence-corrected chi connectivity index (χ3v) is 3.95. The average Bonchev–Trinajstić information content (AvgIpc) is 2.62. The Morgan fingerprint density at radius 2 is 1.89 bits per heavy atom. The number of hydrogen-bond donors (Lipinski definition) is 2. The van der Waals surface area contributed by atoms with Crippen molar-refractivity contribution in [1.82, 2.24) is 4.90 Å². The van der Waals surface area contributed by atoms with Crippen LogP contribution in [0.25, 0.3) is 0 Å². The maximum atomic E-state index is 5.94. The Bertz CT molecular complexity index is 373. The molecule has 0 radical (unpaired) electrons. The van der Waals surface area contributed by atoms with Crippen molar-refractivity contribution in [3.05, 3.63) is 22.7 Å². The molecule has 0 atom stereocenters. The van der Waals surface area contributed by atoms with Crippen molar-refractivity contribution in [1.29, 1.82) is 0 Å². The molecule has 0 bridgehead atoms. The quantitative estimate of drug-likeness (QED) is 0.838. The van der Waals surface area contributed by atoms with Crippen LogP contribution >= 0.6 is 15.9 Å². The minimum Gasteiger partial charge on any atom is -0.397 e. The van der Waals surface area contributed by atoms with Gasteiger partial charge in [-0.05, 0) is 44.1 Å². The molecule has 1 aliphatic rings. The summed E-state index contributed by atoms with van der Waals surface area (Å²) in [5.41, 5.74) is 7.78. The van der Waals surface area contributed by atoms with Crippen molar-refractivity contribution in [2.45, 2.75) is 25.7 Å². The SMILES string of the molecule is Nc1ccc(Br)cc1NCCN1CCCCCC1. The molecule has 4 heteroatoms. The van der Waals surface area contributed by atoms with Crippen molar-refractivity contribution in [2.24, 2.45) is 0 Å². The molecule has 0 aliphatic carbocycles. The lowest BCUT2D eigenvalue weighted by Crippen LogP contribution is -2.30. The van der Waals surface area contributed by atoms with Gasteiger partial charge >= 0.3 is 0 Å². The Balaban J connectivity index is 1.78. The van der Waals surface area contributed by atoms with E-state index in [1.165, 1.54) is 38.8 Å². The monoisotopic (exact) mass is 311 g/mol. The molecule has 3 N–H and O–H groups in total. The van der Waals surface area contributed by atoms with Crippen LogP contribution in [0, 0.1) is 0 Å². The molecule has 1 aromatic rings. The maximum absolute atomic E-state index is 5.94. The molecule has 1 heterocycles. The van der Waals surface area contributed by atoms with Crippen LogP contribution in [0.15, 0.2) is 22.7 Å². The summed E-state index contributed by atoms with van der Waals surface area (Å²) in [6, 6.07) is 5.94. The lowest BCUT2D eigenvalue weighted by Gasteiger charge is -2.20. The number of nitrogens with two attached hydrogens (primary N) is 1. The van der Waals surface area contributed by atoms with Crippen molar-refractivity contribution in [2.75, 3.05) is 37.2 Å². The second-order valence-electron chi connectivity index (χ2n) is 4.91. The topological polar surface area (TPSA) is 41.3 Å². The van der Waals surface area contributed by atoms with Crippen LogP contribution in [0.4, 0.5) is 11.4 Å². The first-order chi connectivity index (χ1) is 8.75. The van der Waals surface area contributed by atoms with Crippen LogP contribution in [0.1, 0.15) is 25.7 Å². The van der Waals surface area contributed by atoms with Gasteiger partial charge in [-0.3, -0.25) is 0 Å². The van der Waals surface area contributed by atoms with E-state index in [-0.39, 0.29) is 0 Å². The van der Waals surface area contributed by atoms with Gasteiger partial charge in [0.1, 0.15) is 0 Å². The molecule has 0 aromatic heterocycles. The first kappa shape index (κ1) is 13.7. The lowest BCUT2D eigenvalue weighted by molar-refractivity contribution is 0.296. The van der Waals surface area contributed by atoms with Crippen molar-refractivity contribution in [3.63, 3.8) is 0 Å². The third-order valence-electron chi connectivity index (χ3n) is 3.46. The van der Waals surface area contributed by atoms with E-state index >= 15 is 0 Å². The summed E-state index contributed by atoms with van der Waals surface area (Å²) in [5, 5.41) is 3.42. The molecule has 0 spiro atoms. The summed E-state index contributed by atoms with van der Waals surface area (Å²) in [5.74, 6) is 0. The fourth-order valence-electron chi connectivity index (χ4n) is 2.39. The summed E-state index contributed by atoms with van der Waals surface area (Å²) in [7, 11) is 0. The molecular weight excluding hydrogens is 290 g/mol. The van der Waals surface area contributed by atoms with Crippen LogP contribution in [-0.4, -0.2) is 31.1 Å². The van der Waals surface area contributed by atoms with E-state index in [1.807, 2.05) is 18.2 Å². The molecule has 0 saturated carbocycles. The number of hydrogen-bond acceptors (Lipinski definition) is 3. The fraction of sp³-hybridized carbons (Fsp3) is 0.571. The van der Waals surface area contributed by atoms with E-state index in [0.717, 1.165) is 28.9 Å².